The Bertz CT molecular complexity index is 373. The SMILES string of the molecule is CC1CCNCC1.COc1cccc(C(F)(F)F)c1. The van der Waals surface area contributed by atoms with E-state index in [2.05, 4.69) is 17.0 Å². The van der Waals surface area contributed by atoms with Crippen LogP contribution in [0.3, 0.4) is 0 Å². The number of halogens is 3. The highest BCUT2D eigenvalue weighted by Gasteiger charge is 2.30. The van der Waals surface area contributed by atoms with Gasteiger partial charge in [0.25, 0.3) is 0 Å². The van der Waals surface area contributed by atoms with E-state index in [4.69, 9.17) is 0 Å². The summed E-state index contributed by atoms with van der Waals surface area (Å²) in [5.74, 6) is 1.19. The quantitative estimate of drug-likeness (QED) is 0.843. The van der Waals surface area contributed by atoms with Gasteiger partial charge in [0.05, 0.1) is 12.7 Å². The number of piperidine rings is 1. The highest BCUT2D eigenvalue weighted by atomic mass is 19.4. The number of ether oxygens (including phenoxy) is 1. The number of methoxy groups -OCH3 is 1. The van der Waals surface area contributed by atoms with Gasteiger partial charge in [-0.15, -0.1) is 0 Å². The first kappa shape index (κ1) is 15.8. The summed E-state index contributed by atoms with van der Waals surface area (Å²) in [5.41, 5.74) is -0.693. The molecule has 1 aliphatic heterocycles. The van der Waals surface area contributed by atoms with Crippen LogP contribution in [0.2, 0.25) is 0 Å². The van der Waals surface area contributed by atoms with Crippen molar-refractivity contribution in [3.63, 3.8) is 0 Å². The standard InChI is InChI=1S/C8H7F3O.C6H13N/c1-12-7-4-2-3-6(5-7)8(9,10)11;1-6-2-4-7-5-3-6/h2-5H,1H3;6-7H,2-5H2,1H3. The van der Waals surface area contributed by atoms with Gasteiger partial charge in [-0.3, -0.25) is 0 Å². The first-order valence-electron chi connectivity index (χ1n) is 6.35. The van der Waals surface area contributed by atoms with Crippen molar-refractivity contribution in [3.8, 4) is 5.75 Å². The Morgan fingerprint density at radius 2 is 1.84 bits per heavy atom. The molecule has 19 heavy (non-hydrogen) atoms. The molecule has 1 heterocycles. The van der Waals surface area contributed by atoms with Gasteiger partial charge in [0.1, 0.15) is 5.75 Å². The van der Waals surface area contributed by atoms with E-state index in [0.29, 0.717) is 0 Å². The predicted octanol–water partition coefficient (Wildman–Crippen LogP) is 3.72. The molecule has 1 N–H and O–H groups in total. The van der Waals surface area contributed by atoms with Crippen molar-refractivity contribution in [1.29, 1.82) is 0 Å². The molecule has 1 aromatic carbocycles. The zero-order valence-electron chi connectivity index (χ0n) is 11.3. The van der Waals surface area contributed by atoms with Crippen LogP contribution in [0.5, 0.6) is 5.75 Å². The zero-order valence-corrected chi connectivity index (χ0v) is 11.3. The Morgan fingerprint density at radius 1 is 1.21 bits per heavy atom. The second-order valence-corrected chi connectivity index (χ2v) is 4.66. The lowest BCUT2D eigenvalue weighted by Crippen LogP contribution is -2.26. The van der Waals surface area contributed by atoms with Crippen LogP contribution >= 0.6 is 0 Å². The molecule has 0 saturated carbocycles. The van der Waals surface area contributed by atoms with Gasteiger partial charge in [0, 0.05) is 0 Å². The average molecular weight is 275 g/mol. The number of rotatable bonds is 1. The molecule has 1 aliphatic rings. The van der Waals surface area contributed by atoms with Crippen molar-refractivity contribution in [2.45, 2.75) is 25.9 Å². The lowest BCUT2D eigenvalue weighted by molar-refractivity contribution is -0.137. The summed E-state index contributed by atoms with van der Waals surface area (Å²) < 4.78 is 40.8. The molecule has 1 aromatic rings. The summed E-state index contributed by atoms with van der Waals surface area (Å²) in [6, 6.07) is 4.74. The van der Waals surface area contributed by atoms with E-state index < -0.39 is 11.7 Å². The van der Waals surface area contributed by atoms with Crippen molar-refractivity contribution >= 4 is 0 Å². The van der Waals surface area contributed by atoms with Gasteiger partial charge in [-0.2, -0.15) is 13.2 Å². The van der Waals surface area contributed by atoms with E-state index in [1.807, 2.05) is 0 Å². The largest absolute Gasteiger partial charge is 0.497 e. The molecule has 0 radical (unpaired) electrons. The molecular weight excluding hydrogens is 255 g/mol. The van der Waals surface area contributed by atoms with Crippen molar-refractivity contribution in [2.24, 2.45) is 5.92 Å². The van der Waals surface area contributed by atoms with E-state index in [9.17, 15) is 13.2 Å². The predicted molar refractivity (Wildman–Crippen MR) is 69.3 cm³/mol. The molecule has 0 amide bonds. The summed E-state index contributed by atoms with van der Waals surface area (Å²) in [6.45, 7) is 4.79. The average Bonchev–Trinajstić information content (AvgIpc) is 2.39. The Morgan fingerprint density at radius 3 is 2.26 bits per heavy atom. The maximum absolute atomic E-state index is 12.0. The molecule has 0 aromatic heterocycles. The van der Waals surface area contributed by atoms with Crippen LogP contribution < -0.4 is 10.1 Å². The third kappa shape index (κ3) is 5.96. The molecule has 5 heteroatoms. The Kier molecular flexibility index (Phi) is 6.15. The van der Waals surface area contributed by atoms with E-state index in [0.717, 1.165) is 18.1 Å². The van der Waals surface area contributed by atoms with Crippen molar-refractivity contribution in [2.75, 3.05) is 20.2 Å². The fraction of sp³-hybridized carbons (Fsp3) is 0.571. The molecule has 0 unspecified atom stereocenters. The second kappa shape index (κ2) is 7.38. The smallest absolute Gasteiger partial charge is 0.416 e. The summed E-state index contributed by atoms with van der Waals surface area (Å²) in [5, 5.41) is 3.32. The Balaban J connectivity index is 0.000000218. The molecule has 1 fully saturated rings. The highest BCUT2D eigenvalue weighted by Crippen LogP contribution is 2.30. The molecular formula is C14H20F3NO. The van der Waals surface area contributed by atoms with Crippen molar-refractivity contribution < 1.29 is 17.9 Å². The molecule has 1 saturated heterocycles. The van der Waals surface area contributed by atoms with Gasteiger partial charge in [-0.05, 0) is 50.0 Å². The highest BCUT2D eigenvalue weighted by molar-refractivity contribution is 5.29. The van der Waals surface area contributed by atoms with Crippen molar-refractivity contribution in [1.82, 2.24) is 5.32 Å². The van der Waals surface area contributed by atoms with Crippen LogP contribution in [0.4, 0.5) is 13.2 Å². The van der Waals surface area contributed by atoms with Crippen LogP contribution in [-0.4, -0.2) is 20.2 Å². The third-order valence-corrected chi connectivity index (χ3v) is 3.02. The number of nitrogens with one attached hydrogen (secondary N) is 1. The number of hydrogen-bond acceptors (Lipinski definition) is 2. The number of alkyl halides is 3. The maximum Gasteiger partial charge on any atom is 0.416 e. The summed E-state index contributed by atoms with van der Waals surface area (Å²) >= 11 is 0. The van der Waals surface area contributed by atoms with Gasteiger partial charge in [0.15, 0.2) is 0 Å². The first-order valence-corrected chi connectivity index (χ1v) is 6.35. The van der Waals surface area contributed by atoms with E-state index in [1.54, 1.807) is 0 Å². The Hall–Kier alpha value is -1.23. The molecule has 2 nitrogen and oxygen atoms in total. The zero-order chi connectivity index (χ0) is 14.3. The van der Waals surface area contributed by atoms with Crippen LogP contribution in [0.25, 0.3) is 0 Å². The lowest BCUT2D eigenvalue weighted by atomic mass is 10.0. The molecule has 0 bridgehead atoms. The van der Waals surface area contributed by atoms with Gasteiger partial charge in [-0.1, -0.05) is 13.0 Å². The van der Waals surface area contributed by atoms with Crippen LogP contribution in [-0.2, 0) is 6.18 Å². The normalized spacial score (nSPS) is 16.5. The third-order valence-electron chi connectivity index (χ3n) is 3.02. The number of hydrogen-bond donors (Lipinski definition) is 1. The maximum atomic E-state index is 12.0. The van der Waals surface area contributed by atoms with Gasteiger partial charge in [0.2, 0.25) is 0 Å². The van der Waals surface area contributed by atoms with E-state index in [1.165, 1.54) is 45.2 Å². The van der Waals surface area contributed by atoms with Crippen LogP contribution in [0, 0.1) is 5.92 Å². The summed E-state index contributed by atoms with van der Waals surface area (Å²) in [4.78, 5) is 0. The monoisotopic (exact) mass is 275 g/mol. The summed E-state index contributed by atoms with van der Waals surface area (Å²) in [6.07, 6.45) is -1.55. The summed E-state index contributed by atoms with van der Waals surface area (Å²) in [7, 11) is 1.33. The minimum atomic E-state index is -4.30. The van der Waals surface area contributed by atoms with Crippen LogP contribution in [0.1, 0.15) is 25.3 Å². The van der Waals surface area contributed by atoms with Gasteiger partial charge in [-0.25, -0.2) is 0 Å². The van der Waals surface area contributed by atoms with E-state index >= 15 is 0 Å². The lowest BCUT2D eigenvalue weighted by Gasteiger charge is -2.17. The minimum Gasteiger partial charge on any atom is -0.497 e. The number of benzene rings is 1. The molecule has 2 rings (SSSR count). The fourth-order valence-corrected chi connectivity index (χ4v) is 1.77. The molecule has 108 valence electrons. The first-order chi connectivity index (χ1) is 8.93. The Labute approximate surface area is 112 Å². The second-order valence-electron chi connectivity index (χ2n) is 4.66. The topological polar surface area (TPSA) is 21.3 Å². The molecule has 0 spiro atoms. The minimum absolute atomic E-state index is 0.213. The fourth-order valence-electron chi connectivity index (χ4n) is 1.77. The molecule has 0 atom stereocenters. The van der Waals surface area contributed by atoms with Gasteiger partial charge < -0.3 is 10.1 Å². The van der Waals surface area contributed by atoms with Crippen LogP contribution in [0.15, 0.2) is 24.3 Å². The molecule has 0 aliphatic carbocycles. The van der Waals surface area contributed by atoms with Gasteiger partial charge >= 0.3 is 6.18 Å². The van der Waals surface area contributed by atoms with E-state index in [-0.39, 0.29) is 5.75 Å². The van der Waals surface area contributed by atoms with Crippen molar-refractivity contribution in [3.05, 3.63) is 29.8 Å².